The number of rotatable bonds is 7. The van der Waals surface area contributed by atoms with Crippen LogP contribution in [0, 0.1) is 6.92 Å². The minimum Gasteiger partial charge on any atom is -0.380 e. The van der Waals surface area contributed by atoms with Crippen molar-refractivity contribution in [2.75, 3.05) is 13.2 Å². The largest absolute Gasteiger partial charge is 0.380 e. The second kappa shape index (κ2) is 6.63. The van der Waals surface area contributed by atoms with Crippen molar-refractivity contribution in [3.63, 3.8) is 0 Å². The van der Waals surface area contributed by atoms with Crippen molar-refractivity contribution in [2.24, 2.45) is 5.73 Å². The second-order valence-corrected chi connectivity index (χ2v) is 6.67. The van der Waals surface area contributed by atoms with Crippen molar-refractivity contribution < 1.29 is 13.2 Å². The zero-order valence-electron chi connectivity index (χ0n) is 10.9. The Kier molecular flexibility index (Phi) is 5.74. The molecule has 1 atom stereocenters. The van der Waals surface area contributed by atoms with Crippen molar-refractivity contribution in [3.05, 3.63) is 15.8 Å². The first-order valence-electron chi connectivity index (χ1n) is 5.79. The Morgan fingerprint density at radius 2 is 2.22 bits per heavy atom. The van der Waals surface area contributed by atoms with E-state index in [1.807, 2.05) is 12.3 Å². The van der Waals surface area contributed by atoms with Crippen molar-refractivity contribution in [2.45, 2.75) is 38.3 Å². The summed E-state index contributed by atoms with van der Waals surface area (Å²) in [5, 5.41) is 1.81. The molecule has 104 valence electrons. The first-order valence-corrected chi connectivity index (χ1v) is 8.15. The molecule has 3 N–H and O–H groups in total. The molecule has 0 radical (unpaired) electrons. The van der Waals surface area contributed by atoms with E-state index >= 15 is 0 Å². The molecule has 18 heavy (non-hydrogen) atoms. The standard InChI is InChI=1S/C11H20N2O3S2/c1-4-16-6-9(3)13-18(14,15)11-8(2)7-17-10(11)5-12/h7,9,13H,4-6,12H2,1-3H3. The van der Waals surface area contributed by atoms with Gasteiger partial charge in [0.1, 0.15) is 4.90 Å². The van der Waals surface area contributed by atoms with Crippen molar-refractivity contribution in [3.8, 4) is 0 Å². The normalized spacial score (nSPS) is 13.8. The van der Waals surface area contributed by atoms with Gasteiger partial charge in [-0.2, -0.15) is 0 Å². The topological polar surface area (TPSA) is 81.4 Å². The van der Waals surface area contributed by atoms with Gasteiger partial charge in [-0.1, -0.05) is 0 Å². The number of sulfonamides is 1. The summed E-state index contributed by atoms with van der Waals surface area (Å²) in [4.78, 5) is 1.00. The van der Waals surface area contributed by atoms with Crippen LogP contribution in [-0.4, -0.2) is 27.7 Å². The van der Waals surface area contributed by atoms with Crippen LogP contribution in [0.2, 0.25) is 0 Å². The van der Waals surface area contributed by atoms with Crippen LogP contribution in [0.15, 0.2) is 10.3 Å². The molecule has 0 aliphatic carbocycles. The Hall–Kier alpha value is -0.470. The number of aryl methyl sites for hydroxylation is 1. The number of thiophene rings is 1. The molecule has 0 aliphatic rings. The summed E-state index contributed by atoms with van der Waals surface area (Å²) in [6, 6.07) is -0.264. The SMILES string of the molecule is CCOCC(C)NS(=O)(=O)c1c(C)csc1CN. The van der Waals surface area contributed by atoms with Gasteiger partial charge < -0.3 is 10.5 Å². The first kappa shape index (κ1) is 15.6. The molecule has 5 nitrogen and oxygen atoms in total. The zero-order valence-corrected chi connectivity index (χ0v) is 12.5. The maximum Gasteiger partial charge on any atom is 0.242 e. The van der Waals surface area contributed by atoms with E-state index in [1.54, 1.807) is 13.8 Å². The lowest BCUT2D eigenvalue weighted by Gasteiger charge is -2.14. The molecule has 0 fully saturated rings. The van der Waals surface area contributed by atoms with Crippen LogP contribution in [0.25, 0.3) is 0 Å². The Labute approximate surface area is 112 Å². The molecule has 0 saturated carbocycles. The summed E-state index contributed by atoms with van der Waals surface area (Å²) in [5.74, 6) is 0. The average Bonchev–Trinajstić information content (AvgIpc) is 2.67. The molecule has 0 saturated heterocycles. The molecule has 1 aromatic heterocycles. The summed E-state index contributed by atoms with van der Waals surface area (Å²) >= 11 is 1.37. The van der Waals surface area contributed by atoms with E-state index in [1.165, 1.54) is 11.3 Å². The van der Waals surface area contributed by atoms with Gasteiger partial charge in [-0.25, -0.2) is 13.1 Å². The molecule has 0 spiro atoms. The lowest BCUT2D eigenvalue weighted by Crippen LogP contribution is -2.36. The van der Waals surface area contributed by atoms with Crippen LogP contribution >= 0.6 is 11.3 Å². The van der Waals surface area contributed by atoms with Gasteiger partial charge in [0, 0.05) is 24.1 Å². The third-order valence-electron chi connectivity index (χ3n) is 2.37. The number of nitrogens with one attached hydrogen (secondary N) is 1. The lowest BCUT2D eigenvalue weighted by molar-refractivity contribution is 0.133. The van der Waals surface area contributed by atoms with Gasteiger partial charge in [-0.3, -0.25) is 0 Å². The van der Waals surface area contributed by atoms with E-state index in [9.17, 15) is 8.42 Å². The minimum atomic E-state index is -3.52. The van der Waals surface area contributed by atoms with Crippen LogP contribution in [0.5, 0.6) is 0 Å². The second-order valence-electron chi connectivity index (χ2n) is 4.06. The molecular formula is C11H20N2O3S2. The highest BCUT2D eigenvalue weighted by Gasteiger charge is 2.24. The third-order valence-corrected chi connectivity index (χ3v) is 5.45. The van der Waals surface area contributed by atoms with E-state index in [-0.39, 0.29) is 12.6 Å². The van der Waals surface area contributed by atoms with Gasteiger partial charge in [0.05, 0.1) is 6.61 Å². The van der Waals surface area contributed by atoms with Crippen LogP contribution in [0.1, 0.15) is 24.3 Å². The molecule has 0 amide bonds. The molecule has 1 unspecified atom stereocenters. The molecule has 7 heteroatoms. The quantitative estimate of drug-likeness (QED) is 0.791. The molecule has 1 aromatic rings. The molecule has 0 aliphatic heterocycles. The van der Waals surface area contributed by atoms with Gasteiger partial charge in [-0.15, -0.1) is 11.3 Å². The maximum absolute atomic E-state index is 12.3. The monoisotopic (exact) mass is 292 g/mol. The maximum atomic E-state index is 12.3. The Balaban J connectivity index is 2.89. The van der Waals surface area contributed by atoms with E-state index in [4.69, 9.17) is 10.5 Å². The van der Waals surface area contributed by atoms with Gasteiger partial charge in [0.15, 0.2) is 0 Å². The Bertz CT molecular complexity index is 482. The summed E-state index contributed by atoms with van der Waals surface area (Å²) in [7, 11) is -3.52. The predicted molar refractivity (Wildman–Crippen MR) is 73.2 cm³/mol. The van der Waals surface area contributed by atoms with Crippen molar-refractivity contribution in [1.82, 2.24) is 4.72 Å². The van der Waals surface area contributed by atoms with Crippen LogP contribution < -0.4 is 10.5 Å². The highest BCUT2D eigenvalue weighted by molar-refractivity contribution is 7.89. The minimum absolute atomic E-state index is 0.231. The van der Waals surface area contributed by atoms with E-state index in [2.05, 4.69) is 4.72 Å². The predicted octanol–water partition coefficient (Wildman–Crippen LogP) is 1.22. The van der Waals surface area contributed by atoms with Gasteiger partial charge in [-0.05, 0) is 31.7 Å². The molecule has 0 aromatic carbocycles. The summed E-state index contributed by atoms with van der Waals surface area (Å²) in [6.45, 7) is 6.58. The highest BCUT2D eigenvalue weighted by atomic mass is 32.2. The number of ether oxygens (including phenoxy) is 1. The van der Waals surface area contributed by atoms with E-state index in [0.29, 0.717) is 23.0 Å². The van der Waals surface area contributed by atoms with Gasteiger partial charge in [0.2, 0.25) is 10.0 Å². The summed E-state index contributed by atoms with van der Waals surface area (Å²) < 4.78 is 32.3. The number of hydrogen-bond acceptors (Lipinski definition) is 5. The fraction of sp³-hybridized carbons (Fsp3) is 0.636. The summed E-state index contributed by atoms with van der Waals surface area (Å²) in [6.07, 6.45) is 0. The number of nitrogens with two attached hydrogens (primary N) is 1. The van der Waals surface area contributed by atoms with Crippen molar-refractivity contribution >= 4 is 21.4 Å². The lowest BCUT2D eigenvalue weighted by atomic mass is 10.3. The third kappa shape index (κ3) is 3.76. The van der Waals surface area contributed by atoms with Gasteiger partial charge in [0.25, 0.3) is 0 Å². The van der Waals surface area contributed by atoms with E-state index in [0.717, 1.165) is 5.56 Å². The smallest absolute Gasteiger partial charge is 0.242 e. The Morgan fingerprint density at radius 3 is 2.78 bits per heavy atom. The fourth-order valence-corrected chi connectivity index (χ4v) is 4.57. The van der Waals surface area contributed by atoms with Crippen LogP contribution in [-0.2, 0) is 21.3 Å². The van der Waals surface area contributed by atoms with Gasteiger partial charge >= 0.3 is 0 Å². The summed E-state index contributed by atoms with van der Waals surface area (Å²) in [5.41, 5.74) is 6.30. The zero-order chi connectivity index (χ0) is 13.8. The molecular weight excluding hydrogens is 272 g/mol. The van der Waals surface area contributed by atoms with Crippen molar-refractivity contribution in [1.29, 1.82) is 0 Å². The number of hydrogen-bond donors (Lipinski definition) is 2. The van der Waals surface area contributed by atoms with Crippen LogP contribution in [0.3, 0.4) is 0 Å². The Morgan fingerprint density at radius 1 is 1.56 bits per heavy atom. The first-order chi connectivity index (χ1) is 8.42. The van der Waals surface area contributed by atoms with E-state index < -0.39 is 10.0 Å². The highest BCUT2D eigenvalue weighted by Crippen LogP contribution is 2.26. The molecule has 0 bridgehead atoms. The fourth-order valence-electron chi connectivity index (χ4n) is 1.64. The molecule has 1 rings (SSSR count). The average molecular weight is 292 g/mol. The van der Waals surface area contributed by atoms with Crippen LogP contribution in [0.4, 0.5) is 0 Å². The molecule has 1 heterocycles.